The Bertz CT molecular complexity index is 1990. The van der Waals surface area contributed by atoms with Gasteiger partial charge in [0.25, 0.3) is 5.56 Å². The van der Waals surface area contributed by atoms with Gasteiger partial charge in [-0.2, -0.15) is 0 Å². The SMILES string of the molecule is CCOC(=O)C1=C(C)N=c2s/c(=C\c3ccc(OCc4ccc(Cl)cc4)c(OCC)c3)c(=O)n2[C@@H]1c1cc(OC)c(OC)cc1Br. The molecule has 0 spiro atoms. The first-order valence-electron chi connectivity index (χ1n) is 14.4. The number of esters is 1. The van der Waals surface area contributed by atoms with Crippen LogP contribution in [-0.2, 0) is 16.1 Å². The minimum absolute atomic E-state index is 0.168. The number of benzene rings is 3. The quantitative estimate of drug-likeness (QED) is 0.170. The van der Waals surface area contributed by atoms with Crippen LogP contribution in [0.3, 0.4) is 0 Å². The van der Waals surface area contributed by atoms with Crippen molar-refractivity contribution in [2.45, 2.75) is 33.4 Å². The molecule has 12 heteroatoms. The predicted octanol–water partition coefficient (Wildman–Crippen LogP) is 6.21. The van der Waals surface area contributed by atoms with Crippen molar-refractivity contribution in [2.24, 2.45) is 4.99 Å². The van der Waals surface area contributed by atoms with E-state index >= 15 is 0 Å². The number of fused-ring (bicyclic) bond motifs is 1. The third-order valence-electron chi connectivity index (χ3n) is 7.19. The predicted molar refractivity (Wildman–Crippen MR) is 181 cm³/mol. The molecule has 46 heavy (non-hydrogen) atoms. The lowest BCUT2D eigenvalue weighted by atomic mass is 9.95. The number of aromatic nitrogens is 1. The van der Waals surface area contributed by atoms with Gasteiger partial charge in [-0.3, -0.25) is 9.36 Å². The van der Waals surface area contributed by atoms with Gasteiger partial charge in [-0.1, -0.05) is 57.1 Å². The van der Waals surface area contributed by atoms with Crippen LogP contribution in [0.15, 0.2) is 80.1 Å². The Morgan fingerprint density at radius 3 is 2.37 bits per heavy atom. The van der Waals surface area contributed by atoms with Gasteiger partial charge in [0, 0.05) is 9.50 Å². The Morgan fingerprint density at radius 1 is 0.978 bits per heavy atom. The number of halogens is 2. The summed E-state index contributed by atoms with van der Waals surface area (Å²) >= 11 is 10.9. The van der Waals surface area contributed by atoms with Gasteiger partial charge < -0.3 is 23.7 Å². The number of carbonyl (C=O) groups excluding carboxylic acids is 1. The molecular weight excluding hydrogens is 696 g/mol. The summed E-state index contributed by atoms with van der Waals surface area (Å²) in [6, 6.07) is 15.6. The van der Waals surface area contributed by atoms with E-state index in [2.05, 4.69) is 20.9 Å². The second-order valence-electron chi connectivity index (χ2n) is 10.1. The lowest BCUT2D eigenvalue weighted by molar-refractivity contribution is -0.139. The fraction of sp³-hybridized carbons (Fsp3) is 0.265. The molecule has 0 fully saturated rings. The lowest BCUT2D eigenvalue weighted by Gasteiger charge is -2.26. The number of carbonyl (C=O) groups is 1. The Kier molecular flexibility index (Phi) is 10.6. The summed E-state index contributed by atoms with van der Waals surface area (Å²) < 4.78 is 31.0. The average Bonchev–Trinajstić information content (AvgIpc) is 3.34. The second-order valence-corrected chi connectivity index (χ2v) is 12.4. The van der Waals surface area contributed by atoms with Crippen LogP contribution in [0.1, 0.15) is 43.5 Å². The van der Waals surface area contributed by atoms with Gasteiger partial charge in [-0.25, -0.2) is 9.79 Å². The molecule has 9 nitrogen and oxygen atoms in total. The van der Waals surface area contributed by atoms with Crippen LogP contribution in [0.5, 0.6) is 23.0 Å². The fourth-order valence-corrected chi connectivity index (χ4v) is 6.77. The molecule has 1 aliphatic rings. The van der Waals surface area contributed by atoms with Gasteiger partial charge in [0.1, 0.15) is 6.61 Å². The van der Waals surface area contributed by atoms with Crippen LogP contribution < -0.4 is 33.8 Å². The van der Waals surface area contributed by atoms with Crippen molar-refractivity contribution in [3.8, 4) is 23.0 Å². The number of rotatable bonds is 11. The lowest BCUT2D eigenvalue weighted by Crippen LogP contribution is -2.40. The van der Waals surface area contributed by atoms with E-state index in [1.807, 2.05) is 49.4 Å². The van der Waals surface area contributed by atoms with E-state index in [-0.39, 0.29) is 17.7 Å². The zero-order valence-electron chi connectivity index (χ0n) is 25.9. The molecule has 5 rings (SSSR count). The van der Waals surface area contributed by atoms with E-state index in [1.54, 1.807) is 32.1 Å². The Hall–Kier alpha value is -4.06. The van der Waals surface area contributed by atoms with E-state index in [0.717, 1.165) is 11.1 Å². The molecule has 0 saturated carbocycles. The van der Waals surface area contributed by atoms with Crippen LogP contribution >= 0.6 is 38.9 Å². The number of hydrogen-bond donors (Lipinski definition) is 0. The molecule has 0 saturated heterocycles. The Morgan fingerprint density at radius 2 is 1.70 bits per heavy atom. The highest BCUT2D eigenvalue weighted by atomic mass is 79.9. The summed E-state index contributed by atoms with van der Waals surface area (Å²) in [6.45, 7) is 6.30. The highest BCUT2D eigenvalue weighted by molar-refractivity contribution is 9.10. The Labute approximate surface area is 283 Å². The normalized spacial score (nSPS) is 14.4. The zero-order valence-corrected chi connectivity index (χ0v) is 29.0. The van der Waals surface area contributed by atoms with Crippen molar-refractivity contribution in [2.75, 3.05) is 27.4 Å². The highest BCUT2D eigenvalue weighted by Crippen LogP contribution is 2.41. The van der Waals surface area contributed by atoms with Gasteiger partial charge in [-0.05, 0) is 79.9 Å². The van der Waals surface area contributed by atoms with Gasteiger partial charge in [-0.15, -0.1) is 0 Å². The first-order chi connectivity index (χ1) is 22.2. The minimum atomic E-state index is -0.839. The van der Waals surface area contributed by atoms with Crippen LogP contribution in [0.2, 0.25) is 5.02 Å². The molecule has 1 atom stereocenters. The fourth-order valence-electron chi connectivity index (χ4n) is 5.06. The average molecular weight is 728 g/mol. The van der Waals surface area contributed by atoms with E-state index in [0.29, 0.717) is 66.3 Å². The molecule has 0 bridgehead atoms. The van der Waals surface area contributed by atoms with E-state index in [1.165, 1.54) is 30.1 Å². The maximum absolute atomic E-state index is 14.2. The summed E-state index contributed by atoms with van der Waals surface area (Å²) in [7, 11) is 3.06. The molecule has 0 N–H and O–H groups in total. The monoisotopic (exact) mass is 726 g/mol. The van der Waals surface area contributed by atoms with Gasteiger partial charge in [0.15, 0.2) is 27.8 Å². The third-order valence-corrected chi connectivity index (χ3v) is 9.11. The summed E-state index contributed by atoms with van der Waals surface area (Å²) in [6.07, 6.45) is 1.78. The molecule has 0 amide bonds. The van der Waals surface area contributed by atoms with Gasteiger partial charge in [0.05, 0.1) is 49.3 Å². The molecule has 1 aromatic heterocycles. The van der Waals surface area contributed by atoms with Crippen LogP contribution in [0.25, 0.3) is 6.08 Å². The molecule has 1 aliphatic heterocycles. The second kappa shape index (κ2) is 14.6. The molecule has 3 aromatic carbocycles. The molecule has 0 aliphatic carbocycles. The van der Waals surface area contributed by atoms with Gasteiger partial charge >= 0.3 is 5.97 Å². The summed E-state index contributed by atoms with van der Waals surface area (Å²) in [4.78, 5) is 32.6. The highest BCUT2D eigenvalue weighted by Gasteiger charge is 2.35. The van der Waals surface area contributed by atoms with Crippen molar-refractivity contribution >= 4 is 50.9 Å². The van der Waals surface area contributed by atoms with Gasteiger partial charge in [0.2, 0.25) is 0 Å². The van der Waals surface area contributed by atoms with Crippen LogP contribution in [-0.4, -0.2) is 38.0 Å². The molecular formula is C34H32BrClN2O7S. The smallest absolute Gasteiger partial charge is 0.338 e. The maximum Gasteiger partial charge on any atom is 0.338 e. The number of allylic oxidation sites excluding steroid dienone is 1. The van der Waals surface area contributed by atoms with Crippen molar-refractivity contribution in [1.82, 2.24) is 4.57 Å². The van der Waals surface area contributed by atoms with E-state index in [9.17, 15) is 9.59 Å². The van der Waals surface area contributed by atoms with Crippen molar-refractivity contribution in [1.29, 1.82) is 0 Å². The topological polar surface area (TPSA) is 97.6 Å². The summed E-state index contributed by atoms with van der Waals surface area (Å²) in [5.74, 6) is 1.51. The first kappa shape index (κ1) is 33.3. The van der Waals surface area contributed by atoms with Crippen molar-refractivity contribution < 1.29 is 28.5 Å². The number of hydrogen-bond acceptors (Lipinski definition) is 9. The maximum atomic E-state index is 14.2. The van der Waals surface area contributed by atoms with Crippen LogP contribution in [0.4, 0.5) is 0 Å². The molecule has 4 aromatic rings. The number of thiazole rings is 1. The molecule has 2 heterocycles. The van der Waals surface area contributed by atoms with Crippen LogP contribution in [0, 0.1) is 0 Å². The van der Waals surface area contributed by atoms with Crippen molar-refractivity contribution in [3.63, 3.8) is 0 Å². The summed E-state index contributed by atoms with van der Waals surface area (Å²) in [5.41, 5.74) is 2.71. The van der Waals surface area contributed by atoms with E-state index < -0.39 is 12.0 Å². The standard InChI is InChI=1S/C34H32BrClN2O7S/c1-6-43-28-14-21(10-13-25(28)45-18-20-8-11-22(36)12-9-20)15-29-32(39)38-31(23-16-26(41-4)27(42-5)17-24(23)35)30(33(40)44-7-2)19(3)37-34(38)46-29/h8-17,31H,6-7,18H2,1-5H3/b29-15-/t31-/m1/s1. The number of nitrogens with zero attached hydrogens (tertiary/aromatic N) is 2. The minimum Gasteiger partial charge on any atom is -0.493 e. The van der Waals surface area contributed by atoms with E-state index in [4.69, 9.17) is 35.3 Å². The number of ether oxygens (including phenoxy) is 5. The van der Waals surface area contributed by atoms with Crippen molar-refractivity contribution in [3.05, 3.63) is 112 Å². The molecule has 240 valence electrons. The third kappa shape index (κ3) is 6.86. The summed E-state index contributed by atoms with van der Waals surface area (Å²) in [5, 5.41) is 0.656. The zero-order chi connectivity index (χ0) is 33.0. The number of methoxy groups -OCH3 is 2. The molecule has 0 radical (unpaired) electrons. The molecule has 0 unspecified atom stereocenters. The Balaban J connectivity index is 1.60. The first-order valence-corrected chi connectivity index (χ1v) is 16.4. The largest absolute Gasteiger partial charge is 0.493 e.